The standard InChI is InChI=1S/C23H30N4O3/c1-3-14(4-2)22(29)24-17-10-11-18(21(28)12-17)19-13-20(15-6-5-7-15)27(26-19)23(30)25-16-8-9-16/h10-16,28H,3-9H2,1-2H3,(H,24,29)(H,25,30). The van der Waals surface area contributed by atoms with Crippen molar-refractivity contribution in [1.82, 2.24) is 15.1 Å². The number of amides is 2. The SMILES string of the molecule is CCC(CC)C(=O)Nc1ccc(-c2cc(C3CCC3)n(C(=O)NC3CC3)n2)c(O)c1. The maximum atomic E-state index is 12.7. The normalized spacial score (nSPS) is 16.4. The summed E-state index contributed by atoms with van der Waals surface area (Å²) in [5.74, 6) is 0.277. The van der Waals surface area contributed by atoms with Gasteiger partial charge in [-0.3, -0.25) is 4.79 Å². The Morgan fingerprint density at radius 2 is 1.90 bits per heavy atom. The monoisotopic (exact) mass is 410 g/mol. The minimum Gasteiger partial charge on any atom is -0.507 e. The van der Waals surface area contributed by atoms with Crippen LogP contribution in [-0.4, -0.2) is 32.9 Å². The summed E-state index contributed by atoms with van der Waals surface area (Å²) in [5.41, 5.74) is 2.57. The van der Waals surface area contributed by atoms with Crippen LogP contribution in [0.4, 0.5) is 10.5 Å². The van der Waals surface area contributed by atoms with E-state index in [1.165, 1.54) is 4.68 Å². The number of hydrogen-bond acceptors (Lipinski definition) is 4. The largest absolute Gasteiger partial charge is 0.507 e. The van der Waals surface area contributed by atoms with Gasteiger partial charge in [-0.2, -0.15) is 9.78 Å². The van der Waals surface area contributed by atoms with E-state index >= 15 is 0 Å². The summed E-state index contributed by atoms with van der Waals surface area (Å²) in [5, 5.41) is 21.0. The number of aromatic hydroxyl groups is 1. The average Bonchev–Trinajstić information content (AvgIpc) is 3.38. The number of rotatable bonds is 7. The molecule has 7 nitrogen and oxygen atoms in total. The Balaban J connectivity index is 1.58. The van der Waals surface area contributed by atoms with E-state index in [2.05, 4.69) is 15.7 Å². The lowest BCUT2D eigenvalue weighted by Crippen LogP contribution is -2.33. The van der Waals surface area contributed by atoms with E-state index < -0.39 is 0 Å². The van der Waals surface area contributed by atoms with Gasteiger partial charge in [-0.15, -0.1) is 0 Å². The molecule has 1 heterocycles. The van der Waals surface area contributed by atoms with Crippen molar-refractivity contribution in [3.05, 3.63) is 30.0 Å². The summed E-state index contributed by atoms with van der Waals surface area (Å²) < 4.78 is 1.47. The third-order valence-corrected chi connectivity index (χ3v) is 6.26. The zero-order valence-corrected chi connectivity index (χ0v) is 17.6. The molecule has 1 aromatic heterocycles. The molecule has 7 heteroatoms. The molecule has 160 valence electrons. The first kappa shape index (κ1) is 20.4. The Labute approximate surface area is 176 Å². The van der Waals surface area contributed by atoms with Crippen LogP contribution in [0.5, 0.6) is 5.75 Å². The minimum atomic E-state index is -0.195. The molecule has 2 amide bonds. The number of carbonyl (C=O) groups excluding carboxylic acids is 2. The molecule has 0 unspecified atom stereocenters. The van der Waals surface area contributed by atoms with Crippen molar-refractivity contribution in [3.63, 3.8) is 0 Å². The average molecular weight is 411 g/mol. The van der Waals surface area contributed by atoms with Gasteiger partial charge < -0.3 is 15.7 Å². The molecular weight excluding hydrogens is 380 g/mol. The molecule has 1 aromatic carbocycles. The highest BCUT2D eigenvalue weighted by Crippen LogP contribution is 2.39. The number of nitrogens with one attached hydrogen (secondary N) is 2. The van der Waals surface area contributed by atoms with Crippen LogP contribution in [-0.2, 0) is 4.79 Å². The van der Waals surface area contributed by atoms with Gasteiger partial charge >= 0.3 is 6.03 Å². The number of phenols is 1. The van der Waals surface area contributed by atoms with E-state index in [9.17, 15) is 14.7 Å². The van der Waals surface area contributed by atoms with E-state index in [1.807, 2.05) is 19.9 Å². The Kier molecular flexibility index (Phi) is 5.79. The quantitative estimate of drug-likeness (QED) is 0.621. The number of aromatic nitrogens is 2. The van der Waals surface area contributed by atoms with E-state index in [0.717, 1.165) is 50.6 Å². The van der Waals surface area contributed by atoms with Crippen LogP contribution in [0.3, 0.4) is 0 Å². The van der Waals surface area contributed by atoms with Crippen molar-refractivity contribution in [1.29, 1.82) is 0 Å². The van der Waals surface area contributed by atoms with Gasteiger partial charge in [-0.1, -0.05) is 20.3 Å². The highest BCUT2D eigenvalue weighted by molar-refractivity contribution is 5.93. The molecule has 0 radical (unpaired) electrons. The topological polar surface area (TPSA) is 96.3 Å². The molecule has 0 aliphatic heterocycles. The zero-order chi connectivity index (χ0) is 21.3. The molecule has 0 atom stereocenters. The molecule has 2 saturated carbocycles. The molecule has 2 aliphatic rings. The van der Waals surface area contributed by atoms with Crippen molar-refractivity contribution < 1.29 is 14.7 Å². The molecule has 2 fully saturated rings. The number of benzene rings is 1. The summed E-state index contributed by atoms with van der Waals surface area (Å²) >= 11 is 0. The molecule has 30 heavy (non-hydrogen) atoms. The number of carbonyl (C=O) groups is 2. The maximum absolute atomic E-state index is 12.7. The van der Waals surface area contributed by atoms with Crippen LogP contribution in [0.15, 0.2) is 24.3 Å². The Bertz CT molecular complexity index is 940. The van der Waals surface area contributed by atoms with Crippen molar-refractivity contribution in [2.24, 2.45) is 5.92 Å². The van der Waals surface area contributed by atoms with Crippen LogP contribution in [0.25, 0.3) is 11.3 Å². The van der Waals surface area contributed by atoms with E-state index in [0.29, 0.717) is 22.9 Å². The van der Waals surface area contributed by atoms with E-state index in [4.69, 9.17) is 0 Å². The van der Waals surface area contributed by atoms with E-state index in [1.54, 1.807) is 18.2 Å². The summed E-state index contributed by atoms with van der Waals surface area (Å²) in [6, 6.07) is 7.02. The second-order valence-corrected chi connectivity index (χ2v) is 8.45. The van der Waals surface area contributed by atoms with Crippen molar-refractivity contribution >= 4 is 17.6 Å². The summed E-state index contributed by atoms with van der Waals surface area (Å²) in [6.07, 6.45) is 6.84. The fourth-order valence-electron chi connectivity index (χ4n) is 3.88. The molecule has 4 rings (SSSR count). The molecule has 3 N–H and O–H groups in total. The van der Waals surface area contributed by atoms with Gasteiger partial charge in [0.1, 0.15) is 5.75 Å². The molecule has 0 spiro atoms. The fourth-order valence-corrected chi connectivity index (χ4v) is 3.88. The first-order chi connectivity index (χ1) is 14.5. The lowest BCUT2D eigenvalue weighted by molar-refractivity contribution is -0.120. The van der Waals surface area contributed by atoms with Crippen molar-refractivity contribution in [2.75, 3.05) is 5.32 Å². The maximum Gasteiger partial charge on any atom is 0.342 e. The highest BCUT2D eigenvalue weighted by Gasteiger charge is 2.30. The Morgan fingerprint density at radius 1 is 1.17 bits per heavy atom. The van der Waals surface area contributed by atoms with Crippen LogP contribution < -0.4 is 10.6 Å². The van der Waals surface area contributed by atoms with Gasteiger partial charge in [0, 0.05) is 35.2 Å². The van der Waals surface area contributed by atoms with Gasteiger partial charge in [-0.05, 0) is 56.7 Å². The number of phenolic OH excluding ortho intramolecular Hbond substituents is 1. The molecule has 0 saturated heterocycles. The summed E-state index contributed by atoms with van der Waals surface area (Å²) in [7, 11) is 0. The number of nitrogens with zero attached hydrogens (tertiary/aromatic N) is 2. The lowest BCUT2D eigenvalue weighted by atomic mass is 9.82. The van der Waals surface area contributed by atoms with Gasteiger partial charge in [0.15, 0.2) is 0 Å². The van der Waals surface area contributed by atoms with Gasteiger partial charge in [0.25, 0.3) is 0 Å². The second kappa shape index (κ2) is 8.50. The van der Waals surface area contributed by atoms with E-state index in [-0.39, 0.29) is 29.6 Å². The number of hydrogen-bond donors (Lipinski definition) is 3. The lowest BCUT2D eigenvalue weighted by Gasteiger charge is -2.25. The molecule has 0 bridgehead atoms. The Hall–Kier alpha value is -2.83. The molecule has 2 aliphatic carbocycles. The molecular formula is C23H30N4O3. The smallest absolute Gasteiger partial charge is 0.342 e. The number of anilines is 1. The first-order valence-corrected chi connectivity index (χ1v) is 11.0. The van der Waals surface area contributed by atoms with Crippen LogP contribution in [0.1, 0.15) is 70.4 Å². The summed E-state index contributed by atoms with van der Waals surface area (Å²) in [6.45, 7) is 3.98. The summed E-state index contributed by atoms with van der Waals surface area (Å²) in [4.78, 5) is 25.0. The third-order valence-electron chi connectivity index (χ3n) is 6.26. The fraction of sp³-hybridized carbons (Fsp3) is 0.522. The van der Waals surface area contributed by atoms with Gasteiger partial charge in [0.2, 0.25) is 5.91 Å². The second-order valence-electron chi connectivity index (χ2n) is 8.45. The van der Waals surface area contributed by atoms with Gasteiger partial charge in [-0.25, -0.2) is 4.79 Å². The Morgan fingerprint density at radius 3 is 2.47 bits per heavy atom. The first-order valence-electron chi connectivity index (χ1n) is 11.0. The predicted molar refractivity (Wildman–Crippen MR) is 116 cm³/mol. The van der Waals surface area contributed by atoms with Crippen LogP contribution >= 0.6 is 0 Å². The molecule has 2 aromatic rings. The minimum absolute atomic E-state index is 0.0322. The van der Waals surface area contributed by atoms with Crippen molar-refractivity contribution in [2.45, 2.75) is 70.8 Å². The van der Waals surface area contributed by atoms with Crippen LogP contribution in [0, 0.1) is 5.92 Å². The zero-order valence-electron chi connectivity index (χ0n) is 17.6. The van der Waals surface area contributed by atoms with Crippen molar-refractivity contribution in [3.8, 4) is 17.0 Å². The third kappa shape index (κ3) is 4.20. The van der Waals surface area contributed by atoms with Crippen LogP contribution in [0.2, 0.25) is 0 Å². The highest BCUT2D eigenvalue weighted by atomic mass is 16.3. The predicted octanol–water partition coefficient (Wildman–Crippen LogP) is 4.62. The van der Waals surface area contributed by atoms with Gasteiger partial charge in [0.05, 0.1) is 11.4 Å².